The average molecular weight is 571 g/mol. The maximum atomic E-state index is 14.0. The standard InChI is InChI=1S/C36H18N4O2S/c41-43(42,21-13-15-27-29(17-21)39-35-25-11-3-7-19-5-1-9-23(31(19)25)33(35)37-27)22-14-16-28-30(18-22)40-36-26-12-4-8-20-6-2-10-24(32(20)26)34(36)38-28/h1-18H. The van der Waals surface area contributed by atoms with E-state index in [2.05, 4.69) is 36.4 Å². The number of aromatic nitrogens is 4. The maximum Gasteiger partial charge on any atom is 0.206 e. The van der Waals surface area contributed by atoms with E-state index in [-0.39, 0.29) is 9.79 Å². The molecule has 0 fully saturated rings. The van der Waals surface area contributed by atoms with Crippen molar-refractivity contribution in [3.05, 3.63) is 109 Å². The van der Waals surface area contributed by atoms with Crippen LogP contribution in [0.1, 0.15) is 0 Å². The molecule has 2 heterocycles. The van der Waals surface area contributed by atoms with Crippen molar-refractivity contribution >= 4 is 53.4 Å². The Balaban J connectivity index is 1.11. The van der Waals surface area contributed by atoms with Crippen LogP contribution in [0.5, 0.6) is 0 Å². The Bertz CT molecular complexity index is 2510. The van der Waals surface area contributed by atoms with Crippen LogP contribution in [0.2, 0.25) is 0 Å². The van der Waals surface area contributed by atoms with Gasteiger partial charge >= 0.3 is 0 Å². The monoisotopic (exact) mass is 570 g/mol. The van der Waals surface area contributed by atoms with E-state index in [0.29, 0.717) is 22.1 Å². The van der Waals surface area contributed by atoms with Gasteiger partial charge in [0.1, 0.15) is 0 Å². The van der Waals surface area contributed by atoms with Crippen molar-refractivity contribution in [2.75, 3.05) is 0 Å². The molecule has 0 N–H and O–H groups in total. The van der Waals surface area contributed by atoms with Crippen LogP contribution in [0.3, 0.4) is 0 Å². The number of benzene rings is 6. The Morgan fingerprint density at radius 2 is 0.744 bits per heavy atom. The van der Waals surface area contributed by atoms with Gasteiger partial charge in [-0.15, -0.1) is 0 Å². The Hall–Kier alpha value is -5.53. The van der Waals surface area contributed by atoms with Crippen molar-refractivity contribution in [3.8, 4) is 45.0 Å². The van der Waals surface area contributed by atoms with Gasteiger partial charge in [0.05, 0.1) is 54.6 Å². The minimum Gasteiger partial charge on any atom is -0.244 e. The summed E-state index contributed by atoms with van der Waals surface area (Å²) < 4.78 is 27.9. The highest BCUT2D eigenvalue weighted by Crippen LogP contribution is 2.47. The van der Waals surface area contributed by atoms with Crippen LogP contribution in [0, 0.1) is 0 Å². The first-order valence-corrected chi connectivity index (χ1v) is 15.5. The quantitative estimate of drug-likeness (QED) is 0.209. The summed E-state index contributed by atoms with van der Waals surface area (Å²) in [4.78, 5) is 20.1. The zero-order valence-electron chi connectivity index (χ0n) is 22.4. The number of sulfone groups is 1. The molecule has 2 aromatic heterocycles. The molecule has 6 nitrogen and oxygen atoms in total. The van der Waals surface area contributed by atoms with Crippen LogP contribution in [0.25, 0.3) is 88.6 Å². The molecule has 2 aliphatic rings. The molecule has 0 unspecified atom stereocenters. The molecule has 0 atom stereocenters. The van der Waals surface area contributed by atoms with Crippen molar-refractivity contribution in [1.29, 1.82) is 0 Å². The topological polar surface area (TPSA) is 85.7 Å². The zero-order chi connectivity index (χ0) is 28.4. The van der Waals surface area contributed by atoms with E-state index >= 15 is 0 Å². The Morgan fingerprint density at radius 3 is 1.12 bits per heavy atom. The lowest BCUT2D eigenvalue weighted by Gasteiger charge is -2.09. The van der Waals surface area contributed by atoms with Crippen molar-refractivity contribution < 1.29 is 8.42 Å². The number of hydrogen-bond donors (Lipinski definition) is 0. The second kappa shape index (κ2) is 7.85. The summed E-state index contributed by atoms with van der Waals surface area (Å²) in [6, 6.07) is 34.6. The summed E-state index contributed by atoms with van der Waals surface area (Å²) in [5, 5.41) is 4.53. The van der Waals surface area contributed by atoms with E-state index in [1.807, 2.05) is 36.4 Å². The van der Waals surface area contributed by atoms with Gasteiger partial charge in [-0.2, -0.15) is 0 Å². The zero-order valence-corrected chi connectivity index (χ0v) is 23.2. The van der Waals surface area contributed by atoms with Gasteiger partial charge < -0.3 is 0 Å². The third kappa shape index (κ3) is 2.99. The van der Waals surface area contributed by atoms with E-state index in [1.165, 1.54) is 0 Å². The molecule has 0 radical (unpaired) electrons. The average Bonchev–Trinajstić information content (AvgIpc) is 3.53. The summed E-state index contributed by atoms with van der Waals surface area (Å²) in [7, 11) is -3.87. The predicted octanol–water partition coefficient (Wildman–Crippen LogP) is 8.01. The van der Waals surface area contributed by atoms with Gasteiger partial charge in [-0.1, -0.05) is 72.8 Å². The van der Waals surface area contributed by atoms with Gasteiger partial charge in [-0.3, -0.25) is 0 Å². The largest absolute Gasteiger partial charge is 0.244 e. The predicted molar refractivity (Wildman–Crippen MR) is 168 cm³/mol. The highest BCUT2D eigenvalue weighted by atomic mass is 32.2. The lowest BCUT2D eigenvalue weighted by atomic mass is 10.0. The fraction of sp³-hybridized carbons (Fsp3) is 0. The Morgan fingerprint density at radius 1 is 0.395 bits per heavy atom. The molecule has 200 valence electrons. The molecule has 0 saturated carbocycles. The van der Waals surface area contributed by atoms with Gasteiger partial charge in [-0.25, -0.2) is 28.4 Å². The highest BCUT2D eigenvalue weighted by Gasteiger charge is 2.27. The van der Waals surface area contributed by atoms with Gasteiger partial charge in [0.15, 0.2) is 0 Å². The number of hydrogen-bond acceptors (Lipinski definition) is 6. The van der Waals surface area contributed by atoms with Gasteiger partial charge in [-0.05, 0) is 47.2 Å². The molecule has 0 aliphatic heterocycles. The first-order valence-electron chi connectivity index (χ1n) is 14.0. The van der Waals surface area contributed by atoms with Crippen molar-refractivity contribution in [2.45, 2.75) is 9.79 Å². The molecular weight excluding hydrogens is 552 g/mol. The highest BCUT2D eigenvalue weighted by molar-refractivity contribution is 7.91. The molecule has 7 heteroatoms. The maximum absolute atomic E-state index is 14.0. The van der Waals surface area contributed by atoms with Crippen LogP contribution in [-0.2, 0) is 9.84 Å². The summed E-state index contributed by atoms with van der Waals surface area (Å²) in [6.45, 7) is 0. The van der Waals surface area contributed by atoms with E-state index in [4.69, 9.17) is 19.9 Å². The van der Waals surface area contributed by atoms with Crippen LogP contribution in [-0.4, -0.2) is 28.4 Å². The first kappa shape index (κ1) is 23.1. The fourth-order valence-corrected chi connectivity index (χ4v) is 8.06. The van der Waals surface area contributed by atoms with Crippen LogP contribution in [0.4, 0.5) is 0 Å². The lowest BCUT2D eigenvalue weighted by Crippen LogP contribution is -2.03. The second-order valence-corrected chi connectivity index (χ2v) is 13.0. The minimum absolute atomic E-state index is 0.161. The first-order chi connectivity index (χ1) is 21.0. The van der Waals surface area contributed by atoms with Crippen LogP contribution < -0.4 is 0 Å². The summed E-state index contributed by atoms with van der Waals surface area (Å²) in [6.07, 6.45) is 0. The molecule has 43 heavy (non-hydrogen) atoms. The van der Waals surface area contributed by atoms with Crippen molar-refractivity contribution in [2.24, 2.45) is 0 Å². The molecular formula is C36H18N4O2S. The van der Waals surface area contributed by atoms with Crippen LogP contribution in [0.15, 0.2) is 119 Å². The summed E-state index contributed by atoms with van der Waals surface area (Å²) in [5.74, 6) is 0. The Labute approximate surface area is 245 Å². The number of rotatable bonds is 2. The SMILES string of the molecule is O=S(=O)(c1ccc2nc3c(nc2c1)-c1cccc2cccc-3c12)c1ccc2nc3c(nc2c1)-c1cccc2cccc-3c12. The van der Waals surface area contributed by atoms with Crippen molar-refractivity contribution in [3.63, 3.8) is 0 Å². The molecule has 6 aromatic carbocycles. The summed E-state index contributed by atoms with van der Waals surface area (Å²) in [5.41, 5.74) is 9.72. The smallest absolute Gasteiger partial charge is 0.206 e. The molecule has 2 aliphatic carbocycles. The van der Waals surface area contributed by atoms with Gasteiger partial charge in [0.2, 0.25) is 9.84 Å². The van der Waals surface area contributed by atoms with Crippen LogP contribution >= 0.6 is 0 Å². The van der Waals surface area contributed by atoms with E-state index in [1.54, 1.807) is 36.4 Å². The lowest BCUT2D eigenvalue weighted by molar-refractivity contribution is 0.596. The molecule has 0 saturated heterocycles. The fourth-order valence-electron chi connectivity index (χ4n) is 6.76. The molecule has 10 rings (SSSR count). The number of fused-ring (bicyclic) bond motifs is 8. The summed E-state index contributed by atoms with van der Waals surface area (Å²) >= 11 is 0. The molecule has 8 aromatic rings. The minimum atomic E-state index is -3.87. The molecule has 0 amide bonds. The third-order valence-corrected chi connectivity index (χ3v) is 10.5. The third-order valence-electron chi connectivity index (χ3n) is 8.72. The Kier molecular flexibility index (Phi) is 4.21. The van der Waals surface area contributed by atoms with Crippen molar-refractivity contribution in [1.82, 2.24) is 19.9 Å². The normalized spacial score (nSPS) is 12.8. The van der Waals surface area contributed by atoms with E-state index in [9.17, 15) is 8.42 Å². The molecule has 0 spiro atoms. The second-order valence-electron chi connectivity index (χ2n) is 11.1. The van der Waals surface area contributed by atoms with Gasteiger partial charge in [0, 0.05) is 33.0 Å². The number of nitrogens with zero attached hydrogens (tertiary/aromatic N) is 4. The molecule has 0 bridgehead atoms. The van der Waals surface area contributed by atoms with E-state index in [0.717, 1.165) is 66.6 Å². The van der Waals surface area contributed by atoms with Gasteiger partial charge in [0.25, 0.3) is 0 Å². The van der Waals surface area contributed by atoms with E-state index < -0.39 is 9.84 Å².